The first kappa shape index (κ1) is 24.9. The van der Waals surface area contributed by atoms with E-state index in [4.69, 9.17) is 4.74 Å². The number of rotatable bonds is 8. The summed E-state index contributed by atoms with van der Waals surface area (Å²) in [6, 6.07) is 1.01. The third-order valence-corrected chi connectivity index (χ3v) is 6.69. The molecule has 2 atom stereocenters. The first-order valence-corrected chi connectivity index (χ1v) is 11.2. The quantitative estimate of drug-likeness (QED) is 0.242. The van der Waals surface area contributed by atoms with Crippen LogP contribution in [-0.4, -0.2) is 36.9 Å². The van der Waals surface area contributed by atoms with Gasteiger partial charge in [0.05, 0.1) is 23.8 Å². The van der Waals surface area contributed by atoms with Crippen LogP contribution in [0.5, 0.6) is 5.75 Å². The summed E-state index contributed by atoms with van der Waals surface area (Å²) in [7, 11) is 0.964. The number of ketones is 1. The van der Waals surface area contributed by atoms with Crippen molar-refractivity contribution in [2.45, 2.75) is 76.2 Å². The highest BCUT2D eigenvalue weighted by atomic mass is 19.4. The molecule has 1 aliphatic carbocycles. The fourth-order valence-electron chi connectivity index (χ4n) is 4.95. The molecule has 32 heavy (non-hydrogen) atoms. The van der Waals surface area contributed by atoms with E-state index in [-0.39, 0.29) is 12.5 Å². The minimum absolute atomic E-state index is 0.00452. The van der Waals surface area contributed by atoms with E-state index in [0.29, 0.717) is 30.9 Å². The zero-order chi connectivity index (χ0) is 23.5. The Balaban J connectivity index is 1.67. The highest BCUT2D eigenvalue weighted by Crippen LogP contribution is 2.42. The maximum absolute atomic E-state index is 13.5. The number of alkyl halides is 6. The van der Waals surface area contributed by atoms with Gasteiger partial charge in [-0.1, -0.05) is 19.3 Å². The summed E-state index contributed by atoms with van der Waals surface area (Å²) in [5, 5.41) is 0. The predicted molar refractivity (Wildman–Crippen MR) is 108 cm³/mol. The molecule has 0 spiro atoms. The molecule has 9 heteroatoms. The number of nitrogens with zero attached hydrogens (tertiary/aromatic N) is 1. The van der Waals surface area contributed by atoms with Gasteiger partial charge in [0.15, 0.2) is 5.78 Å². The minimum Gasteiger partial charge on any atom is -0.496 e. The van der Waals surface area contributed by atoms with Crippen LogP contribution in [0.1, 0.15) is 79.3 Å². The number of carbonyl (C=O) groups excluding carboxylic acids is 1. The Bertz CT molecular complexity index is 801. The molecular formula is C23H29F6NO2. The summed E-state index contributed by atoms with van der Waals surface area (Å²) in [5.41, 5.74) is -3.91. The van der Waals surface area contributed by atoms with Crippen molar-refractivity contribution in [2.75, 3.05) is 20.2 Å². The lowest BCUT2D eigenvalue weighted by atomic mass is 9.79. The average Bonchev–Trinajstić information content (AvgIpc) is 2.68. The highest BCUT2D eigenvalue weighted by molar-refractivity contribution is 6.00. The molecule has 1 aromatic carbocycles. The number of methoxy groups -OCH3 is 1. The Labute approximate surface area is 184 Å². The van der Waals surface area contributed by atoms with Gasteiger partial charge in [-0.15, -0.1) is 0 Å². The third kappa shape index (κ3) is 5.77. The number of likely N-dealkylation sites (tertiary alicyclic amines) is 1. The maximum atomic E-state index is 13.5. The lowest BCUT2D eigenvalue weighted by molar-refractivity contribution is -0.143. The predicted octanol–water partition coefficient (Wildman–Crippen LogP) is 6.74. The number of hydrogen-bond donors (Lipinski definition) is 0. The minimum atomic E-state index is -5.11. The lowest BCUT2D eigenvalue weighted by Crippen LogP contribution is -2.49. The van der Waals surface area contributed by atoms with Gasteiger partial charge < -0.3 is 9.64 Å². The van der Waals surface area contributed by atoms with Crippen molar-refractivity contribution in [2.24, 2.45) is 5.92 Å². The van der Waals surface area contributed by atoms with E-state index in [9.17, 15) is 31.1 Å². The second-order valence-electron chi connectivity index (χ2n) is 8.77. The van der Waals surface area contributed by atoms with Crippen LogP contribution in [0.3, 0.4) is 0 Å². The van der Waals surface area contributed by atoms with Crippen LogP contribution in [0.15, 0.2) is 12.1 Å². The molecule has 3 nitrogen and oxygen atoms in total. The molecule has 0 aromatic heterocycles. The second kappa shape index (κ2) is 10.0. The molecule has 0 bridgehead atoms. The molecule has 0 unspecified atom stereocenters. The van der Waals surface area contributed by atoms with Gasteiger partial charge in [0, 0.05) is 12.5 Å². The van der Waals surface area contributed by atoms with Crippen LogP contribution < -0.4 is 4.74 Å². The molecule has 2 aliphatic rings. The van der Waals surface area contributed by atoms with Gasteiger partial charge in [0.25, 0.3) is 0 Å². The van der Waals surface area contributed by atoms with Crippen molar-refractivity contribution in [1.29, 1.82) is 0 Å². The van der Waals surface area contributed by atoms with E-state index in [1.54, 1.807) is 0 Å². The lowest BCUT2D eigenvalue weighted by Gasteiger charge is -2.45. The summed E-state index contributed by atoms with van der Waals surface area (Å²) in [4.78, 5) is 15.2. The van der Waals surface area contributed by atoms with E-state index < -0.39 is 40.6 Å². The monoisotopic (exact) mass is 465 g/mol. The van der Waals surface area contributed by atoms with Crippen LogP contribution in [0.2, 0.25) is 0 Å². The average molecular weight is 465 g/mol. The van der Waals surface area contributed by atoms with E-state index >= 15 is 0 Å². The van der Waals surface area contributed by atoms with E-state index in [1.807, 2.05) is 0 Å². The van der Waals surface area contributed by atoms with E-state index in [2.05, 4.69) is 4.90 Å². The molecule has 1 saturated carbocycles. The number of hydrogen-bond acceptors (Lipinski definition) is 3. The van der Waals surface area contributed by atoms with Crippen molar-refractivity contribution in [3.05, 3.63) is 28.8 Å². The number of halogens is 6. The molecule has 1 aromatic rings. The summed E-state index contributed by atoms with van der Waals surface area (Å²) >= 11 is 0. The molecule has 3 rings (SSSR count). The normalized spacial score (nSPS) is 22.5. The van der Waals surface area contributed by atoms with E-state index in [0.717, 1.165) is 33.0 Å². The van der Waals surface area contributed by atoms with Gasteiger partial charge >= 0.3 is 12.4 Å². The van der Waals surface area contributed by atoms with Crippen LogP contribution in [0.4, 0.5) is 26.3 Å². The van der Waals surface area contributed by atoms with Crippen molar-refractivity contribution < 1.29 is 35.9 Å². The fourth-order valence-corrected chi connectivity index (χ4v) is 4.95. The highest BCUT2D eigenvalue weighted by Gasteiger charge is 2.41. The van der Waals surface area contributed by atoms with Crippen LogP contribution in [0, 0.1) is 5.92 Å². The van der Waals surface area contributed by atoms with Crippen molar-refractivity contribution in [3.8, 4) is 5.75 Å². The molecule has 0 radical (unpaired) electrons. The molecule has 0 amide bonds. The number of Topliss-reactive ketones (excluding diaryl/α,β-unsaturated/α-hetero) is 1. The van der Waals surface area contributed by atoms with Crippen LogP contribution in [0.25, 0.3) is 0 Å². The van der Waals surface area contributed by atoms with Crippen LogP contribution in [-0.2, 0) is 12.4 Å². The van der Waals surface area contributed by atoms with Crippen molar-refractivity contribution in [1.82, 2.24) is 4.90 Å². The second-order valence-corrected chi connectivity index (χ2v) is 8.77. The molecule has 180 valence electrons. The number of ether oxygens (including phenoxy) is 1. The van der Waals surface area contributed by atoms with Crippen LogP contribution >= 0.6 is 0 Å². The van der Waals surface area contributed by atoms with Gasteiger partial charge in [-0.2, -0.15) is 26.3 Å². The van der Waals surface area contributed by atoms with E-state index in [1.165, 1.54) is 25.7 Å². The first-order chi connectivity index (χ1) is 15.0. The molecule has 1 heterocycles. The Kier molecular flexibility index (Phi) is 7.78. The Hall–Kier alpha value is -1.77. The van der Waals surface area contributed by atoms with Gasteiger partial charge in [-0.05, 0) is 63.2 Å². The summed E-state index contributed by atoms with van der Waals surface area (Å²) < 4.78 is 84.4. The van der Waals surface area contributed by atoms with Gasteiger partial charge in [-0.3, -0.25) is 4.79 Å². The van der Waals surface area contributed by atoms with Gasteiger partial charge in [-0.25, -0.2) is 0 Å². The largest absolute Gasteiger partial charge is 0.496 e. The Morgan fingerprint density at radius 3 is 2.25 bits per heavy atom. The molecule has 1 saturated heterocycles. The number of benzene rings is 1. The zero-order valence-corrected chi connectivity index (χ0v) is 18.1. The van der Waals surface area contributed by atoms with Gasteiger partial charge in [0.1, 0.15) is 5.75 Å². The molecular weight excluding hydrogens is 436 g/mol. The Morgan fingerprint density at radius 2 is 1.69 bits per heavy atom. The third-order valence-electron chi connectivity index (χ3n) is 6.69. The summed E-state index contributed by atoms with van der Waals surface area (Å²) in [5.74, 6) is -1.00. The molecule has 1 aliphatic heterocycles. The smallest absolute Gasteiger partial charge is 0.417 e. The number of carbonyl (C=O) groups is 1. The summed E-state index contributed by atoms with van der Waals surface area (Å²) in [6.45, 7) is 2.24. The summed E-state index contributed by atoms with van der Waals surface area (Å²) in [6.07, 6.45) is -2.36. The Morgan fingerprint density at radius 1 is 1.00 bits per heavy atom. The van der Waals surface area contributed by atoms with Crippen molar-refractivity contribution in [3.63, 3.8) is 0 Å². The van der Waals surface area contributed by atoms with Gasteiger partial charge in [0.2, 0.25) is 0 Å². The SMILES string of the molecule is COc1cc(C(F)(F)F)cc(C(F)(F)F)c1C(=O)CCCC[C@@H]1CCCC[C@@H]1N1CCC1. The topological polar surface area (TPSA) is 29.5 Å². The molecule has 0 N–H and O–H groups in total. The zero-order valence-electron chi connectivity index (χ0n) is 18.1. The molecule has 2 fully saturated rings. The standard InChI is InChI=1S/C23H29F6NO2/c1-32-20-14-16(22(24,25)26)13-17(23(27,28)29)21(20)19(31)10-5-3-8-15-7-2-4-9-18(15)30-11-6-12-30/h13-15,18H,2-12H2,1H3/t15-,18-/m0/s1. The van der Waals surface area contributed by atoms with Crippen molar-refractivity contribution >= 4 is 5.78 Å². The number of unbranched alkanes of at least 4 members (excludes halogenated alkanes) is 1. The first-order valence-electron chi connectivity index (χ1n) is 11.2. The maximum Gasteiger partial charge on any atom is 0.417 e. The fraction of sp³-hybridized carbons (Fsp3) is 0.696.